The predicted octanol–water partition coefficient (Wildman–Crippen LogP) is 0.0948. The van der Waals surface area contributed by atoms with Gasteiger partial charge in [-0.1, -0.05) is 6.07 Å². The van der Waals surface area contributed by atoms with E-state index in [0.29, 0.717) is 12.4 Å². The largest absolute Gasteiger partial charge is 0.384 e. The number of hydrogen-bond donors (Lipinski definition) is 2. The molecule has 0 aromatic carbocycles. The topological polar surface area (TPSA) is 75.9 Å². The van der Waals surface area contributed by atoms with E-state index < -0.39 is 6.10 Å². The quantitative estimate of drug-likeness (QED) is 0.773. The average molecular weight is 239 g/mol. The summed E-state index contributed by atoms with van der Waals surface area (Å²) in [4.78, 5) is 2.57. The molecule has 1 atom stereocenters. The Balaban J connectivity index is 1.78. The molecule has 86 valence electrons. The van der Waals surface area contributed by atoms with E-state index in [2.05, 4.69) is 20.7 Å². The van der Waals surface area contributed by atoms with Gasteiger partial charge in [-0.2, -0.15) is 4.80 Å². The lowest BCUT2D eigenvalue weighted by Crippen LogP contribution is -2.21. The number of rotatable bonds is 5. The van der Waals surface area contributed by atoms with Crippen molar-refractivity contribution < 1.29 is 5.11 Å². The van der Waals surface area contributed by atoms with Crippen LogP contribution in [0.2, 0.25) is 0 Å². The first-order chi connectivity index (χ1) is 7.75. The van der Waals surface area contributed by atoms with E-state index in [1.807, 2.05) is 17.5 Å². The van der Waals surface area contributed by atoms with Crippen LogP contribution in [0.5, 0.6) is 0 Å². The van der Waals surface area contributed by atoms with Gasteiger partial charge in [-0.05, 0) is 16.7 Å². The monoisotopic (exact) mass is 239 g/mol. The highest BCUT2D eigenvalue weighted by molar-refractivity contribution is 7.09. The molecule has 0 saturated heterocycles. The number of aromatic nitrogens is 4. The molecule has 7 heteroatoms. The predicted molar refractivity (Wildman–Crippen MR) is 59.8 cm³/mol. The number of aryl methyl sites for hydroxylation is 1. The summed E-state index contributed by atoms with van der Waals surface area (Å²) in [6.45, 7) is 1.17. The third-order valence-corrected chi connectivity index (χ3v) is 2.92. The Morgan fingerprint density at radius 1 is 1.62 bits per heavy atom. The molecule has 2 heterocycles. The SMILES string of the molecule is Cn1nnc([C@@H](O)CNCc2cccs2)n1. The molecule has 0 radical (unpaired) electrons. The standard InChI is InChI=1S/C9H13N5OS/c1-14-12-9(11-13-14)8(15)6-10-5-7-3-2-4-16-7/h2-4,8,10,15H,5-6H2,1H3/t8-/m0/s1. The highest BCUT2D eigenvalue weighted by Gasteiger charge is 2.12. The van der Waals surface area contributed by atoms with Crippen molar-refractivity contribution >= 4 is 11.3 Å². The van der Waals surface area contributed by atoms with Crippen molar-refractivity contribution in [2.45, 2.75) is 12.6 Å². The molecule has 0 amide bonds. The molecular formula is C9H13N5OS. The van der Waals surface area contributed by atoms with Crippen LogP contribution in [0.3, 0.4) is 0 Å². The van der Waals surface area contributed by atoms with E-state index in [1.165, 1.54) is 9.67 Å². The number of nitrogens with one attached hydrogen (secondary N) is 1. The molecule has 0 aliphatic rings. The lowest BCUT2D eigenvalue weighted by molar-refractivity contribution is 0.164. The molecule has 2 aromatic heterocycles. The Labute approximate surface area is 96.9 Å². The van der Waals surface area contributed by atoms with Crippen LogP contribution < -0.4 is 5.32 Å². The first-order valence-corrected chi connectivity index (χ1v) is 5.79. The van der Waals surface area contributed by atoms with Crippen LogP contribution >= 0.6 is 11.3 Å². The van der Waals surface area contributed by atoms with E-state index >= 15 is 0 Å². The number of tetrazole rings is 1. The third kappa shape index (κ3) is 2.84. The smallest absolute Gasteiger partial charge is 0.204 e. The second-order valence-electron chi connectivity index (χ2n) is 3.36. The molecular weight excluding hydrogens is 226 g/mol. The van der Waals surface area contributed by atoms with Crippen LogP contribution in [0.4, 0.5) is 0 Å². The molecule has 16 heavy (non-hydrogen) atoms. The Hall–Kier alpha value is -1.31. The summed E-state index contributed by atoms with van der Waals surface area (Å²) in [6, 6.07) is 4.05. The van der Waals surface area contributed by atoms with Crippen molar-refractivity contribution in [1.82, 2.24) is 25.5 Å². The fourth-order valence-corrected chi connectivity index (χ4v) is 1.94. The third-order valence-electron chi connectivity index (χ3n) is 2.04. The highest BCUT2D eigenvalue weighted by Crippen LogP contribution is 2.08. The van der Waals surface area contributed by atoms with E-state index in [4.69, 9.17) is 0 Å². The molecule has 2 N–H and O–H groups in total. The Bertz CT molecular complexity index is 427. The Morgan fingerprint density at radius 2 is 2.50 bits per heavy atom. The summed E-state index contributed by atoms with van der Waals surface area (Å²) >= 11 is 1.68. The number of nitrogens with zero attached hydrogens (tertiary/aromatic N) is 4. The van der Waals surface area contributed by atoms with Crippen LogP contribution in [-0.4, -0.2) is 31.9 Å². The molecule has 0 fully saturated rings. The maximum atomic E-state index is 9.73. The summed E-state index contributed by atoms with van der Waals surface area (Å²) in [5.74, 6) is 0.348. The molecule has 2 aromatic rings. The fraction of sp³-hybridized carbons (Fsp3) is 0.444. The second kappa shape index (κ2) is 5.15. The van der Waals surface area contributed by atoms with Gasteiger partial charge in [0.2, 0.25) is 5.82 Å². The summed E-state index contributed by atoms with van der Waals surface area (Å²) in [6.07, 6.45) is -0.714. The fourth-order valence-electron chi connectivity index (χ4n) is 1.27. The molecule has 2 rings (SSSR count). The van der Waals surface area contributed by atoms with E-state index in [-0.39, 0.29) is 0 Å². The van der Waals surface area contributed by atoms with Crippen LogP contribution in [0.15, 0.2) is 17.5 Å². The van der Waals surface area contributed by atoms with Gasteiger partial charge in [-0.25, -0.2) is 0 Å². The Kier molecular flexibility index (Phi) is 3.60. The average Bonchev–Trinajstić information content (AvgIpc) is 2.89. The molecule has 0 saturated carbocycles. The van der Waals surface area contributed by atoms with Crippen LogP contribution in [0, 0.1) is 0 Å². The second-order valence-corrected chi connectivity index (χ2v) is 4.40. The minimum Gasteiger partial charge on any atom is -0.384 e. The molecule has 0 spiro atoms. The van der Waals surface area contributed by atoms with Crippen molar-refractivity contribution in [3.05, 3.63) is 28.2 Å². The van der Waals surface area contributed by atoms with Gasteiger partial charge >= 0.3 is 0 Å². The van der Waals surface area contributed by atoms with Crippen molar-refractivity contribution in [3.63, 3.8) is 0 Å². The summed E-state index contributed by atoms with van der Waals surface area (Å²) in [5.41, 5.74) is 0. The first kappa shape index (κ1) is 11.2. The van der Waals surface area contributed by atoms with Crippen molar-refractivity contribution in [1.29, 1.82) is 0 Å². The number of thiophene rings is 1. The summed E-state index contributed by atoms with van der Waals surface area (Å²) in [7, 11) is 1.67. The summed E-state index contributed by atoms with van der Waals surface area (Å²) < 4.78 is 0. The molecule has 6 nitrogen and oxygen atoms in total. The van der Waals surface area contributed by atoms with Gasteiger partial charge in [0, 0.05) is 18.0 Å². The van der Waals surface area contributed by atoms with Crippen molar-refractivity contribution in [2.75, 3.05) is 6.54 Å². The molecule has 0 aliphatic heterocycles. The number of aliphatic hydroxyl groups is 1. The van der Waals surface area contributed by atoms with Gasteiger partial charge in [0.15, 0.2) is 0 Å². The normalized spacial score (nSPS) is 12.9. The zero-order valence-electron chi connectivity index (χ0n) is 8.87. The van der Waals surface area contributed by atoms with Crippen LogP contribution in [0.1, 0.15) is 16.8 Å². The first-order valence-electron chi connectivity index (χ1n) is 4.91. The zero-order chi connectivity index (χ0) is 11.4. The van der Waals surface area contributed by atoms with Gasteiger partial charge in [0.25, 0.3) is 0 Å². The van der Waals surface area contributed by atoms with Gasteiger partial charge in [-0.15, -0.1) is 21.5 Å². The maximum Gasteiger partial charge on any atom is 0.204 e. The minimum atomic E-state index is -0.714. The number of hydrogen-bond acceptors (Lipinski definition) is 6. The van der Waals surface area contributed by atoms with Gasteiger partial charge in [0.05, 0.1) is 7.05 Å². The maximum absolute atomic E-state index is 9.73. The van der Waals surface area contributed by atoms with Gasteiger partial charge in [-0.3, -0.25) is 0 Å². The lowest BCUT2D eigenvalue weighted by Gasteiger charge is -2.06. The van der Waals surface area contributed by atoms with Crippen molar-refractivity contribution in [3.8, 4) is 0 Å². The van der Waals surface area contributed by atoms with E-state index in [1.54, 1.807) is 18.4 Å². The Morgan fingerprint density at radius 3 is 3.12 bits per heavy atom. The van der Waals surface area contributed by atoms with Gasteiger partial charge < -0.3 is 10.4 Å². The van der Waals surface area contributed by atoms with Crippen molar-refractivity contribution in [2.24, 2.45) is 7.05 Å². The zero-order valence-corrected chi connectivity index (χ0v) is 9.68. The number of aliphatic hydroxyl groups excluding tert-OH is 1. The van der Waals surface area contributed by atoms with Crippen LogP contribution in [0.25, 0.3) is 0 Å². The molecule has 0 aliphatic carbocycles. The van der Waals surface area contributed by atoms with E-state index in [9.17, 15) is 5.11 Å². The molecule has 0 unspecified atom stereocenters. The highest BCUT2D eigenvalue weighted by atomic mass is 32.1. The van der Waals surface area contributed by atoms with Gasteiger partial charge in [0.1, 0.15) is 6.10 Å². The van der Waals surface area contributed by atoms with E-state index in [0.717, 1.165) is 6.54 Å². The summed E-state index contributed by atoms with van der Waals surface area (Å²) in [5, 5.41) is 26.2. The lowest BCUT2D eigenvalue weighted by atomic mass is 10.3. The minimum absolute atomic E-state index is 0.348. The van der Waals surface area contributed by atoms with Crippen LogP contribution in [-0.2, 0) is 13.6 Å². The molecule has 0 bridgehead atoms.